The molecule has 14 heavy (non-hydrogen) atoms. The maximum Gasteiger partial charge on any atom is 0.290 e. The number of rotatable bonds is 1. The van der Waals surface area contributed by atoms with Crippen LogP contribution in [0.3, 0.4) is 0 Å². The summed E-state index contributed by atoms with van der Waals surface area (Å²) in [5.41, 5.74) is 0.0287. The van der Waals surface area contributed by atoms with Crippen LogP contribution in [0.25, 0.3) is 10.9 Å². The number of nitrogens with two attached hydrogens (primary N) is 1. The number of hydrogen-bond acceptors (Lipinski definition) is 5. The molecule has 0 atom stereocenters. The Balaban J connectivity index is 2.89. The molecule has 0 spiro atoms. The minimum absolute atomic E-state index is 0.314. The fourth-order valence-corrected chi connectivity index (χ4v) is 1.25. The lowest BCUT2D eigenvalue weighted by Crippen LogP contribution is -2.28. The van der Waals surface area contributed by atoms with Gasteiger partial charge in [0.05, 0.1) is 5.39 Å². The SMILES string of the molecule is CN(N)c1n[nH]c(=O)c2ncccc12. The summed E-state index contributed by atoms with van der Waals surface area (Å²) >= 11 is 0. The molecule has 6 nitrogen and oxygen atoms in total. The van der Waals surface area contributed by atoms with Gasteiger partial charge in [0.15, 0.2) is 5.82 Å². The van der Waals surface area contributed by atoms with Crippen LogP contribution in [0.5, 0.6) is 0 Å². The molecule has 0 aromatic carbocycles. The van der Waals surface area contributed by atoms with Crippen molar-refractivity contribution in [3.05, 3.63) is 28.7 Å². The van der Waals surface area contributed by atoms with Crippen LogP contribution in [0, 0.1) is 0 Å². The maximum atomic E-state index is 11.3. The summed E-state index contributed by atoms with van der Waals surface area (Å²) in [6, 6.07) is 3.49. The van der Waals surface area contributed by atoms with Crippen LogP contribution in [0.15, 0.2) is 23.1 Å². The van der Waals surface area contributed by atoms with Gasteiger partial charge in [0.25, 0.3) is 5.56 Å². The van der Waals surface area contributed by atoms with Crippen LogP contribution in [-0.4, -0.2) is 22.2 Å². The maximum absolute atomic E-state index is 11.3. The van der Waals surface area contributed by atoms with Crippen LogP contribution < -0.4 is 16.4 Å². The molecule has 0 fully saturated rings. The second-order valence-corrected chi connectivity index (χ2v) is 2.89. The van der Waals surface area contributed by atoms with Gasteiger partial charge in [-0.15, -0.1) is 0 Å². The molecule has 0 amide bonds. The van der Waals surface area contributed by atoms with Crippen molar-refractivity contribution < 1.29 is 0 Å². The van der Waals surface area contributed by atoms with E-state index in [-0.39, 0.29) is 5.56 Å². The largest absolute Gasteiger partial charge is 0.296 e. The first-order valence-electron chi connectivity index (χ1n) is 4.02. The van der Waals surface area contributed by atoms with Gasteiger partial charge < -0.3 is 0 Å². The Morgan fingerprint density at radius 3 is 3.07 bits per heavy atom. The molecule has 0 saturated heterocycles. The molecule has 72 valence electrons. The number of nitrogens with zero attached hydrogens (tertiary/aromatic N) is 3. The van der Waals surface area contributed by atoms with Gasteiger partial charge in [0.2, 0.25) is 0 Å². The van der Waals surface area contributed by atoms with Crippen molar-refractivity contribution in [2.45, 2.75) is 0 Å². The highest BCUT2D eigenvalue weighted by atomic mass is 16.1. The summed E-state index contributed by atoms with van der Waals surface area (Å²) in [4.78, 5) is 15.3. The van der Waals surface area contributed by atoms with Crippen molar-refractivity contribution in [2.24, 2.45) is 5.84 Å². The molecule has 2 rings (SSSR count). The second-order valence-electron chi connectivity index (χ2n) is 2.89. The molecular weight excluding hydrogens is 182 g/mol. The minimum Gasteiger partial charge on any atom is -0.296 e. The molecule has 3 N–H and O–H groups in total. The van der Waals surface area contributed by atoms with E-state index in [0.29, 0.717) is 16.7 Å². The zero-order valence-corrected chi connectivity index (χ0v) is 7.56. The highest BCUT2D eigenvalue weighted by molar-refractivity contribution is 5.87. The lowest BCUT2D eigenvalue weighted by atomic mass is 10.3. The van der Waals surface area contributed by atoms with Crippen molar-refractivity contribution in [2.75, 3.05) is 12.1 Å². The van der Waals surface area contributed by atoms with Crippen LogP contribution in [-0.2, 0) is 0 Å². The minimum atomic E-state index is -0.314. The lowest BCUT2D eigenvalue weighted by molar-refractivity contribution is 0.914. The summed E-state index contributed by atoms with van der Waals surface area (Å²) in [5, 5.41) is 8.14. The zero-order chi connectivity index (χ0) is 10.1. The van der Waals surface area contributed by atoms with E-state index in [1.165, 1.54) is 5.01 Å². The lowest BCUT2D eigenvalue weighted by Gasteiger charge is -2.11. The van der Waals surface area contributed by atoms with Crippen molar-refractivity contribution in [1.29, 1.82) is 0 Å². The number of nitrogens with one attached hydrogen (secondary N) is 1. The van der Waals surface area contributed by atoms with Crippen molar-refractivity contribution in [1.82, 2.24) is 15.2 Å². The smallest absolute Gasteiger partial charge is 0.290 e. The third-order valence-corrected chi connectivity index (χ3v) is 1.86. The van der Waals surface area contributed by atoms with E-state index in [1.807, 2.05) is 0 Å². The third-order valence-electron chi connectivity index (χ3n) is 1.86. The first-order chi connectivity index (χ1) is 6.70. The Kier molecular flexibility index (Phi) is 1.90. The van der Waals surface area contributed by atoms with Gasteiger partial charge in [0, 0.05) is 13.2 Å². The highest BCUT2D eigenvalue weighted by Crippen LogP contribution is 2.15. The van der Waals surface area contributed by atoms with Crippen molar-refractivity contribution in [3.8, 4) is 0 Å². The number of hydrogen-bond donors (Lipinski definition) is 2. The number of aromatic nitrogens is 3. The molecule has 2 heterocycles. The summed E-state index contributed by atoms with van der Waals surface area (Å²) in [5.74, 6) is 6.04. The molecule has 0 aliphatic rings. The quantitative estimate of drug-likeness (QED) is 0.474. The van der Waals surface area contributed by atoms with Crippen LogP contribution in [0.2, 0.25) is 0 Å². The standard InChI is InChI=1S/C8H9N5O/c1-13(9)7-5-3-2-4-10-6(5)8(14)12-11-7/h2-4H,9H2,1H3,(H,12,14). The molecule has 6 heteroatoms. The second kappa shape index (κ2) is 3.08. The predicted octanol–water partition coefficient (Wildman–Crippen LogP) is -0.372. The fourth-order valence-electron chi connectivity index (χ4n) is 1.25. The fraction of sp³-hybridized carbons (Fsp3) is 0.125. The van der Waals surface area contributed by atoms with E-state index in [2.05, 4.69) is 15.2 Å². The first-order valence-corrected chi connectivity index (χ1v) is 4.02. The summed E-state index contributed by atoms with van der Waals surface area (Å²) < 4.78 is 0. The van der Waals surface area contributed by atoms with Gasteiger partial charge in [-0.05, 0) is 12.1 Å². The Hall–Kier alpha value is -1.95. The van der Waals surface area contributed by atoms with E-state index >= 15 is 0 Å². The average Bonchev–Trinajstić information content (AvgIpc) is 2.18. The number of hydrazine groups is 1. The van der Waals surface area contributed by atoms with Gasteiger partial charge in [-0.25, -0.2) is 10.9 Å². The molecule has 0 radical (unpaired) electrons. The van der Waals surface area contributed by atoms with Crippen LogP contribution in [0.1, 0.15) is 0 Å². The zero-order valence-electron chi connectivity index (χ0n) is 7.56. The Morgan fingerprint density at radius 2 is 2.36 bits per heavy atom. The van der Waals surface area contributed by atoms with Gasteiger partial charge in [-0.2, -0.15) is 5.10 Å². The van der Waals surface area contributed by atoms with Gasteiger partial charge in [-0.1, -0.05) is 0 Å². The van der Waals surface area contributed by atoms with E-state index in [1.54, 1.807) is 25.4 Å². The molecular formula is C8H9N5O. The van der Waals surface area contributed by atoms with Crippen molar-refractivity contribution >= 4 is 16.7 Å². The molecule has 0 aliphatic carbocycles. The number of H-pyrrole nitrogens is 1. The monoisotopic (exact) mass is 191 g/mol. The predicted molar refractivity (Wildman–Crippen MR) is 52.7 cm³/mol. The number of fused-ring (bicyclic) bond motifs is 1. The summed E-state index contributed by atoms with van der Waals surface area (Å²) in [6.07, 6.45) is 1.55. The topological polar surface area (TPSA) is 87.9 Å². The number of aromatic amines is 1. The normalized spacial score (nSPS) is 10.4. The van der Waals surface area contributed by atoms with E-state index in [4.69, 9.17) is 5.84 Å². The molecule has 2 aromatic rings. The molecule has 0 saturated carbocycles. The Morgan fingerprint density at radius 1 is 1.57 bits per heavy atom. The number of pyridine rings is 1. The third kappa shape index (κ3) is 1.21. The average molecular weight is 191 g/mol. The van der Waals surface area contributed by atoms with E-state index in [0.717, 1.165) is 0 Å². The highest BCUT2D eigenvalue weighted by Gasteiger charge is 2.07. The molecule has 0 unspecified atom stereocenters. The molecule has 0 bridgehead atoms. The Bertz CT molecular complexity index is 518. The first kappa shape index (κ1) is 8.64. The number of anilines is 1. The van der Waals surface area contributed by atoms with E-state index in [9.17, 15) is 4.79 Å². The summed E-state index contributed by atoms with van der Waals surface area (Å²) in [7, 11) is 1.65. The van der Waals surface area contributed by atoms with E-state index < -0.39 is 0 Å². The van der Waals surface area contributed by atoms with Gasteiger partial charge >= 0.3 is 0 Å². The summed E-state index contributed by atoms with van der Waals surface area (Å²) in [6.45, 7) is 0. The molecule has 2 aromatic heterocycles. The van der Waals surface area contributed by atoms with Crippen LogP contribution >= 0.6 is 0 Å². The van der Waals surface area contributed by atoms with Gasteiger partial charge in [0.1, 0.15) is 5.52 Å². The van der Waals surface area contributed by atoms with Gasteiger partial charge in [-0.3, -0.25) is 14.8 Å². The van der Waals surface area contributed by atoms with Crippen LogP contribution in [0.4, 0.5) is 5.82 Å². The Labute approximate surface area is 79.3 Å². The molecule has 0 aliphatic heterocycles. The van der Waals surface area contributed by atoms with Crippen molar-refractivity contribution in [3.63, 3.8) is 0 Å².